The maximum absolute atomic E-state index is 11.9. The summed E-state index contributed by atoms with van der Waals surface area (Å²) in [5, 5.41) is 5.66. The summed E-state index contributed by atoms with van der Waals surface area (Å²) in [5.41, 5.74) is 11.8. The number of nitrogens with two attached hydrogens (primary N) is 1. The standard InChI is InChI=1S/C26H27N3O3/c1-3-31-26(30)15-21-8-4-5-10-25(21)32-17-24-22-14-20(11-12-23(22)28-29(24)2)19-9-6-7-18(13-19)16-27/h4-14H,3,15-17,27H2,1-2H3. The second-order valence-electron chi connectivity index (χ2n) is 7.58. The second-order valence-corrected chi connectivity index (χ2v) is 7.58. The number of rotatable bonds is 8. The molecule has 0 amide bonds. The number of benzene rings is 3. The van der Waals surface area contributed by atoms with Gasteiger partial charge < -0.3 is 15.2 Å². The van der Waals surface area contributed by atoms with Crippen molar-refractivity contribution in [1.29, 1.82) is 0 Å². The van der Waals surface area contributed by atoms with E-state index in [0.717, 1.165) is 38.9 Å². The summed E-state index contributed by atoms with van der Waals surface area (Å²) in [6.07, 6.45) is 0.178. The van der Waals surface area contributed by atoms with Crippen molar-refractivity contribution < 1.29 is 14.3 Å². The smallest absolute Gasteiger partial charge is 0.310 e. The first-order valence-corrected chi connectivity index (χ1v) is 10.7. The third kappa shape index (κ3) is 4.65. The van der Waals surface area contributed by atoms with Crippen molar-refractivity contribution in [3.05, 3.63) is 83.6 Å². The van der Waals surface area contributed by atoms with Crippen LogP contribution in [0.3, 0.4) is 0 Å². The van der Waals surface area contributed by atoms with Gasteiger partial charge in [0, 0.05) is 24.5 Å². The molecule has 0 aliphatic carbocycles. The minimum Gasteiger partial charge on any atom is -0.487 e. The van der Waals surface area contributed by atoms with Crippen LogP contribution in [0.5, 0.6) is 5.75 Å². The molecule has 0 atom stereocenters. The van der Waals surface area contributed by atoms with E-state index < -0.39 is 0 Å². The molecule has 0 saturated carbocycles. The molecule has 0 unspecified atom stereocenters. The molecule has 0 aliphatic rings. The lowest BCUT2D eigenvalue weighted by Crippen LogP contribution is -2.10. The average Bonchev–Trinajstić information content (AvgIpc) is 3.12. The molecule has 4 rings (SSSR count). The number of ether oxygens (including phenoxy) is 2. The van der Waals surface area contributed by atoms with E-state index in [4.69, 9.17) is 15.2 Å². The van der Waals surface area contributed by atoms with E-state index >= 15 is 0 Å². The molecule has 2 N–H and O–H groups in total. The van der Waals surface area contributed by atoms with Crippen LogP contribution in [-0.4, -0.2) is 22.4 Å². The Bertz CT molecular complexity index is 1250. The van der Waals surface area contributed by atoms with Gasteiger partial charge >= 0.3 is 5.97 Å². The lowest BCUT2D eigenvalue weighted by atomic mass is 10.0. The zero-order chi connectivity index (χ0) is 22.5. The highest BCUT2D eigenvalue weighted by atomic mass is 16.5. The molecule has 6 heteroatoms. The first-order valence-electron chi connectivity index (χ1n) is 10.7. The van der Waals surface area contributed by atoms with Crippen molar-refractivity contribution in [2.45, 2.75) is 26.5 Å². The van der Waals surface area contributed by atoms with Crippen molar-refractivity contribution in [1.82, 2.24) is 9.78 Å². The van der Waals surface area contributed by atoms with E-state index in [0.29, 0.717) is 25.5 Å². The van der Waals surface area contributed by atoms with E-state index in [1.54, 1.807) is 6.92 Å². The number of aryl methyl sites for hydroxylation is 1. The maximum atomic E-state index is 11.9. The number of para-hydroxylation sites is 1. The number of carbonyl (C=O) groups excluding carboxylic acids is 1. The third-order valence-corrected chi connectivity index (χ3v) is 5.43. The Morgan fingerprint density at radius 2 is 1.84 bits per heavy atom. The Labute approximate surface area is 187 Å². The summed E-state index contributed by atoms with van der Waals surface area (Å²) in [6.45, 7) is 3.00. The SMILES string of the molecule is CCOC(=O)Cc1ccccc1OCc1c2cc(-c3cccc(CN)c3)ccc2nn1C. The van der Waals surface area contributed by atoms with Gasteiger partial charge in [-0.15, -0.1) is 0 Å². The van der Waals surface area contributed by atoms with E-state index in [-0.39, 0.29) is 12.4 Å². The number of nitrogens with zero attached hydrogens (tertiary/aromatic N) is 2. The van der Waals surface area contributed by atoms with Gasteiger partial charge in [-0.05, 0) is 47.9 Å². The molecular formula is C26H27N3O3. The van der Waals surface area contributed by atoms with Gasteiger partial charge in [-0.3, -0.25) is 9.48 Å². The molecule has 0 fully saturated rings. The number of aromatic nitrogens is 2. The molecule has 0 spiro atoms. The zero-order valence-electron chi connectivity index (χ0n) is 18.4. The van der Waals surface area contributed by atoms with Crippen LogP contribution in [0.1, 0.15) is 23.7 Å². The summed E-state index contributed by atoms with van der Waals surface area (Å²) in [5.74, 6) is 0.403. The number of hydrogen-bond acceptors (Lipinski definition) is 5. The van der Waals surface area contributed by atoms with Crippen LogP contribution in [0.4, 0.5) is 0 Å². The van der Waals surface area contributed by atoms with Gasteiger partial charge in [-0.2, -0.15) is 5.10 Å². The number of esters is 1. The van der Waals surface area contributed by atoms with Crippen molar-refractivity contribution in [2.75, 3.05) is 6.61 Å². The Balaban J connectivity index is 1.61. The summed E-state index contributed by atoms with van der Waals surface area (Å²) >= 11 is 0. The minimum absolute atomic E-state index is 0.178. The van der Waals surface area contributed by atoms with Gasteiger partial charge in [-0.25, -0.2) is 0 Å². The molecule has 0 bridgehead atoms. The van der Waals surface area contributed by atoms with Gasteiger partial charge in [0.2, 0.25) is 0 Å². The van der Waals surface area contributed by atoms with Gasteiger partial charge in [0.05, 0.1) is 24.2 Å². The van der Waals surface area contributed by atoms with Crippen LogP contribution in [0.25, 0.3) is 22.0 Å². The average molecular weight is 430 g/mol. The fourth-order valence-electron chi connectivity index (χ4n) is 3.78. The monoisotopic (exact) mass is 429 g/mol. The van der Waals surface area contributed by atoms with Gasteiger partial charge in [-0.1, -0.05) is 42.5 Å². The Morgan fingerprint density at radius 3 is 2.66 bits per heavy atom. The molecule has 32 heavy (non-hydrogen) atoms. The fourth-order valence-corrected chi connectivity index (χ4v) is 3.78. The summed E-state index contributed by atoms with van der Waals surface area (Å²) in [7, 11) is 1.91. The van der Waals surface area contributed by atoms with E-state index in [2.05, 4.69) is 29.4 Å². The quantitative estimate of drug-likeness (QED) is 0.421. The van der Waals surface area contributed by atoms with Crippen LogP contribution < -0.4 is 10.5 Å². The molecule has 0 aliphatic heterocycles. The normalized spacial score (nSPS) is 11.0. The second kappa shape index (κ2) is 9.66. The third-order valence-electron chi connectivity index (χ3n) is 5.43. The fraction of sp³-hybridized carbons (Fsp3) is 0.231. The van der Waals surface area contributed by atoms with Crippen molar-refractivity contribution >= 4 is 16.9 Å². The molecule has 1 aromatic heterocycles. The van der Waals surface area contributed by atoms with Crippen LogP contribution >= 0.6 is 0 Å². The summed E-state index contributed by atoms with van der Waals surface area (Å²) in [6, 6.07) is 22.0. The van der Waals surface area contributed by atoms with Crippen LogP contribution in [0, 0.1) is 0 Å². The Morgan fingerprint density at radius 1 is 1.03 bits per heavy atom. The Hall–Kier alpha value is -3.64. The summed E-state index contributed by atoms with van der Waals surface area (Å²) < 4.78 is 13.1. The van der Waals surface area contributed by atoms with E-state index in [9.17, 15) is 4.79 Å². The van der Waals surface area contributed by atoms with Crippen LogP contribution in [-0.2, 0) is 36.2 Å². The highest BCUT2D eigenvalue weighted by molar-refractivity contribution is 5.87. The number of hydrogen-bond donors (Lipinski definition) is 1. The van der Waals surface area contributed by atoms with Crippen LogP contribution in [0.2, 0.25) is 0 Å². The topological polar surface area (TPSA) is 79.4 Å². The largest absolute Gasteiger partial charge is 0.487 e. The number of fused-ring (bicyclic) bond motifs is 1. The molecule has 164 valence electrons. The number of carbonyl (C=O) groups is 1. The van der Waals surface area contributed by atoms with Gasteiger partial charge in [0.1, 0.15) is 12.4 Å². The molecule has 4 aromatic rings. The molecule has 1 heterocycles. The lowest BCUT2D eigenvalue weighted by Gasteiger charge is -2.12. The molecular weight excluding hydrogens is 402 g/mol. The van der Waals surface area contributed by atoms with Crippen LogP contribution in [0.15, 0.2) is 66.7 Å². The molecule has 3 aromatic carbocycles. The van der Waals surface area contributed by atoms with Crippen molar-refractivity contribution in [3.8, 4) is 16.9 Å². The van der Waals surface area contributed by atoms with E-state index in [1.165, 1.54) is 0 Å². The van der Waals surface area contributed by atoms with E-state index in [1.807, 2.05) is 54.2 Å². The Kier molecular flexibility index (Phi) is 6.52. The van der Waals surface area contributed by atoms with Crippen molar-refractivity contribution in [2.24, 2.45) is 12.8 Å². The zero-order valence-corrected chi connectivity index (χ0v) is 18.4. The summed E-state index contributed by atoms with van der Waals surface area (Å²) in [4.78, 5) is 11.9. The van der Waals surface area contributed by atoms with Gasteiger partial charge in [0.25, 0.3) is 0 Å². The molecule has 6 nitrogen and oxygen atoms in total. The predicted octanol–water partition coefficient (Wildman–Crippen LogP) is 4.38. The highest BCUT2D eigenvalue weighted by Gasteiger charge is 2.14. The maximum Gasteiger partial charge on any atom is 0.310 e. The van der Waals surface area contributed by atoms with Crippen molar-refractivity contribution in [3.63, 3.8) is 0 Å². The molecule has 0 saturated heterocycles. The van der Waals surface area contributed by atoms with Gasteiger partial charge in [0.15, 0.2) is 0 Å². The minimum atomic E-state index is -0.265. The highest BCUT2D eigenvalue weighted by Crippen LogP contribution is 2.28. The molecule has 0 radical (unpaired) electrons. The lowest BCUT2D eigenvalue weighted by molar-refractivity contribution is -0.142. The predicted molar refractivity (Wildman–Crippen MR) is 125 cm³/mol. The first-order chi connectivity index (χ1) is 15.6. The first kappa shape index (κ1) is 21.6.